The first kappa shape index (κ1) is 22.4. The van der Waals surface area contributed by atoms with Crippen molar-refractivity contribution >= 4 is 13.1 Å². The zero-order valence-electron chi connectivity index (χ0n) is 12.7. The molecule has 0 aliphatic rings. The number of halogens is 6. The number of hydrogen-bond donors (Lipinski definition) is 0. The molecule has 0 spiro atoms. The van der Waals surface area contributed by atoms with Gasteiger partial charge in [0.15, 0.2) is 13.2 Å². The lowest BCUT2D eigenvalue weighted by atomic mass is 10.0. The molecule has 0 aromatic heterocycles. The van der Waals surface area contributed by atoms with Crippen LogP contribution < -0.4 is 0 Å². The monoisotopic (exact) mass is 372 g/mol. The van der Waals surface area contributed by atoms with Crippen LogP contribution in [0.4, 0.5) is 26.3 Å². The third kappa shape index (κ3) is 9.32. The van der Waals surface area contributed by atoms with Crippen molar-refractivity contribution in [3.8, 4) is 0 Å². The van der Waals surface area contributed by atoms with Crippen LogP contribution in [0.3, 0.4) is 0 Å². The summed E-state index contributed by atoms with van der Waals surface area (Å²) in [6.45, 7) is -0.955. The predicted molar refractivity (Wildman–Crippen MR) is 69.9 cm³/mol. The maximum atomic E-state index is 12.2. The van der Waals surface area contributed by atoms with Gasteiger partial charge in [-0.1, -0.05) is 26.7 Å². The maximum Gasteiger partial charge on any atom is 0.412 e. The molecule has 0 fully saturated rings. The quantitative estimate of drug-likeness (QED) is 0.396. The van der Waals surface area contributed by atoms with Crippen LogP contribution in [0.2, 0.25) is 0 Å². The maximum absolute atomic E-state index is 12.2. The molecule has 0 aromatic carbocycles. The van der Waals surface area contributed by atoms with E-state index in [-0.39, 0.29) is 12.8 Å². The van der Waals surface area contributed by atoms with Crippen LogP contribution in [-0.2, 0) is 18.4 Å². The number of carbonyl (C=O) groups is 1. The Bertz CT molecular complexity index is 399. The van der Waals surface area contributed by atoms with E-state index in [4.69, 9.17) is 0 Å². The van der Waals surface area contributed by atoms with Crippen molar-refractivity contribution in [2.45, 2.75) is 51.9 Å². The summed E-state index contributed by atoms with van der Waals surface area (Å²) < 4.78 is 93.2. The third-order valence-corrected chi connectivity index (χ3v) is 4.66. The smallest absolute Gasteiger partial charge is 0.294 e. The van der Waals surface area contributed by atoms with Gasteiger partial charge in [-0.05, 0) is 12.8 Å². The fourth-order valence-corrected chi connectivity index (χ4v) is 3.38. The van der Waals surface area contributed by atoms with Crippen molar-refractivity contribution in [3.05, 3.63) is 0 Å². The Morgan fingerprint density at radius 3 is 1.74 bits per heavy atom. The fourth-order valence-electron chi connectivity index (χ4n) is 1.66. The molecule has 0 aliphatic heterocycles. The molecule has 11 heteroatoms. The zero-order valence-corrected chi connectivity index (χ0v) is 13.6. The Hall–Kier alpha value is -0.600. The Morgan fingerprint density at radius 1 is 1.00 bits per heavy atom. The van der Waals surface area contributed by atoms with Gasteiger partial charge in [-0.3, -0.25) is 18.4 Å². The minimum atomic E-state index is -5.20. The topological polar surface area (TPSA) is 52.6 Å². The molecule has 1 atom stereocenters. The lowest BCUT2D eigenvalue weighted by molar-refractivity contribution is -0.166. The van der Waals surface area contributed by atoms with E-state index < -0.39 is 44.6 Å². The van der Waals surface area contributed by atoms with Crippen molar-refractivity contribution in [1.29, 1.82) is 0 Å². The summed E-state index contributed by atoms with van der Waals surface area (Å²) in [6.07, 6.45) is -8.47. The average molecular weight is 372 g/mol. The highest BCUT2D eigenvalue weighted by Crippen LogP contribution is 2.53. The van der Waals surface area contributed by atoms with Gasteiger partial charge in [0.1, 0.15) is 0 Å². The molecule has 0 heterocycles. The van der Waals surface area contributed by atoms with Crippen LogP contribution in [0.5, 0.6) is 0 Å². The molecule has 1 unspecified atom stereocenters. The molecule has 0 bridgehead atoms. The van der Waals surface area contributed by atoms with Gasteiger partial charge in [0, 0.05) is 5.92 Å². The molecule has 0 N–H and O–H groups in total. The highest BCUT2D eigenvalue weighted by atomic mass is 31.2. The van der Waals surface area contributed by atoms with E-state index >= 15 is 0 Å². The van der Waals surface area contributed by atoms with Crippen LogP contribution in [0, 0.1) is 5.92 Å². The van der Waals surface area contributed by atoms with Gasteiger partial charge < -0.3 is 0 Å². The minimum Gasteiger partial charge on any atom is -0.294 e. The summed E-state index contributed by atoms with van der Waals surface area (Å²) >= 11 is 0. The second kappa shape index (κ2) is 9.03. The van der Waals surface area contributed by atoms with E-state index in [0.29, 0.717) is 12.8 Å². The minimum absolute atomic E-state index is 0.105. The number of rotatable bonds is 10. The van der Waals surface area contributed by atoms with Gasteiger partial charge in [-0.15, -0.1) is 0 Å². The van der Waals surface area contributed by atoms with Gasteiger partial charge in [0.2, 0.25) is 5.52 Å². The molecule has 138 valence electrons. The summed E-state index contributed by atoms with van der Waals surface area (Å²) in [6, 6.07) is 0. The summed E-state index contributed by atoms with van der Waals surface area (Å²) in [4.78, 5) is 12.1. The van der Waals surface area contributed by atoms with Crippen LogP contribution >= 0.6 is 7.60 Å². The number of hydrogen-bond acceptors (Lipinski definition) is 4. The highest BCUT2D eigenvalue weighted by molar-refractivity contribution is 7.71. The second-order valence-electron chi connectivity index (χ2n) is 4.86. The first-order chi connectivity index (χ1) is 10.3. The van der Waals surface area contributed by atoms with E-state index in [0.717, 1.165) is 0 Å². The number of alkyl halides is 6. The van der Waals surface area contributed by atoms with Crippen molar-refractivity contribution in [2.75, 3.05) is 13.2 Å². The van der Waals surface area contributed by atoms with E-state index in [1.165, 1.54) is 6.92 Å². The van der Waals surface area contributed by atoms with Crippen LogP contribution in [0.25, 0.3) is 0 Å². The Morgan fingerprint density at radius 2 is 1.43 bits per heavy atom. The van der Waals surface area contributed by atoms with Crippen LogP contribution in [0.1, 0.15) is 39.5 Å². The lowest BCUT2D eigenvalue weighted by Gasteiger charge is -2.22. The highest BCUT2D eigenvalue weighted by Gasteiger charge is 2.45. The molecule has 0 amide bonds. The van der Waals surface area contributed by atoms with E-state index in [1.54, 1.807) is 6.92 Å². The van der Waals surface area contributed by atoms with Gasteiger partial charge in [0.25, 0.3) is 0 Å². The first-order valence-electron chi connectivity index (χ1n) is 6.91. The predicted octanol–water partition coefficient (Wildman–Crippen LogP) is 5.08. The Labute approximate surface area is 130 Å². The normalized spacial score (nSPS) is 14.8. The van der Waals surface area contributed by atoms with Crippen LogP contribution in [0.15, 0.2) is 0 Å². The molecule has 0 saturated carbocycles. The van der Waals surface area contributed by atoms with Crippen molar-refractivity contribution < 1.29 is 44.7 Å². The summed E-state index contributed by atoms with van der Waals surface area (Å²) in [5.41, 5.74) is -1.35. The van der Waals surface area contributed by atoms with Crippen LogP contribution in [-0.4, -0.2) is 31.1 Å². The average Bonchev–Trinajstić information content (AvgIpc) is 2.42. The van der Waals surface area contributed by atoms with Crippen molar-refractivity contribution in [3.63, 3.8) is 0 Å². The summed E-state index contributed by atoms with van der Waals surface area (Å²) in [5, 5.41) is 0. The summed E-state index contributed by atoms with van der Waals surface area (Å²) in [7, 11) is -5.20. The van der Waals surface area contributed by atoms with Crippen molar-refractivity contribution in [1.82, 2.24) is 0 Å². The first-order valence-corrected chi connectivity index (χ1v) is 8.46. The molecule has 0 radical (unpaired) electrons. The molecule has 0 rings (SSSR count). The lowest BCUT2D eigenvalue weighted by Crippen LogP contribution is -2.25. The van der Waals surface area contributed by atoms with E-state index in [1.807, 2.05) is 0 Å². The summed E-state index contributed by atoms with van der Waals surface area (Å²) in [5.74, 6) is -0.984. The Balaban J connectivity index is 5.21. The zero-order chi connectivity index (χ0) is 18.3. The molecule has 0 aliphatic carbocycles. The van der Waals surface area contributed by atoms with Crippen molar-refractivity contribution in [2.24, 2.45) is 5.92 Å². The van der Waals surface area contributed by atoms with E-state index in [2.05, 4.69) is 9.05 Å². The van der Waals surface area contributed by atoms with E-state index in [9.17, 15) is 35.7 Å². The molecule has 0 aromatic rings. The number of unbranched alkanes of at least 4 members (excludes halogenated alkanes) is 1. The molecular weight excluding hydrogens is 353 g/mol. The standard InChI is InChI=1S/C12H19F6O4P/c1-3-5-6-9(4-2)10(19)23(20,21-7-11(13,14)15)22-8-12(16,17)18/h9H,3-8H2,1-2H3. The van der Waals surface area contributed by atoms with Gasteiger partial charge >= 0.3 is 19.9 Å². The largest absolute Gasteiger partial charge is 0.412 e. The number of carbonyl (C=O) groups excluding carboxylic acids is 1. The fraction of sp³-hybridized carbons (Fsp3) is 0.917. The van der Waals surface area contributed by atoms with Gasteiger partial charge in [-0.25, -0.2) is 0 Å². The molecule has 4 nitrogen and oxygen atoms in total. The SMILES string of the molecule is CCCCC(CC)C(=O)P(=O)(OCC(F)(F)F)OCC(F)(F)F. The molecular formula is C12H19F6O4P. The molecule has 23 heavy (non-hydrogen) atoms. The second-order valence-corrected chi connectivity index (χ2v) is 6.81. The Kier molecular flexibility index (Phi) is 8.80. The third-order valence-electron chi connectivity index (χ3n) is 2.81. The van der Waals surface area contributed by atoms with Gasteiger partial charge in [-0.2, -0.15) is 26.3 Å². The van der Waals surface area contributed by atoms with Gasteiger partial charge in [0.05, 0.1) is 0 Å². The molecule has 0 saturated heterocycles.